The minimum absolute atomic E-state index is 0.200. The number of rotatable bonds is 6. The van der Waals surface area contributed by atoms with Gasteiger partial charge in [0, 0.05) is 30.3 Å². The van der Waals surface area contributed by atoms with Crippen LogP contribution in [0.15, 0.2) is 77.9 Å². The van der Waals surface area contributed by atoms with Gasteiger partial charge in [-0.25, -0.2) is 0 Å². The molecule has 0 bridgehead atoms. The first-order valence-electron chi connectivity index (χ1n) is 10.1. The summed E-state index contributed by atoms with van der Waals surface area (Å²) in [5.41, 5.74) is 7.98. The van der Waals surface area contributed by atoms with E-state index in [2.05, 4.69) is 71.1 Å². The fraction of sp³-hybridized carbons (Fsp3) is 0.192. The van der Waals surface area contributed by atoms with Gasteiger partial charge in [-0.2, -0.15) is 0 Å². The summed E-state index contributed by atoms with van der Waals surface area (Å²) in [4.78, 5) is 4.31. The number of aryl methyl sites for hydroxylation is 3. The lowest BCUT2D eigenvalue weighted by Crippen LogP contribution is -2.05. The second-order valence-electron chi connectivity index (χ2n) is 7.65. The molecule has 4 aromatic rings. The van der Waals surface area contributed by atoms with Crippen LogP contribution in [0.1, 0.15) is 46.2 Å². The number of pyridine rings is 1. The molecule has 1 atom stereocenters. The van der Waals surface area contributed by atoms with Crippen LogP contribution in [0.5, 0.6) is 0 Å². The molecule has 30 heavy (non-hydrogen) atoms. The van der Waals surface area contributed by atoms with E-state index in [-0.39, 0.29) is 5.92 Å². The van der Waals surface area contributed by atoms with Crippen LogP contribution >= 0.6 is 0 Å². The highest BCUT2D eigenvalue weighted by molar-refractivity contribution is 5.65. The SMILES string of the molecule is C=C(C[C@H](c1ccc(-c2nnc(C)o2)cc1)c1ccccc1C)c1ccnc(C)c1. The number of benzene rings is 2. The number of allylic oxidation sites excluding steroid dienone is 1. The van der Waals surface area contributed by atoms with Crippen LogP contribution in [0.4, 0.5) is 0 Å². The Labute approximate surface area is 177 Å². The first-order chi connectivity index (χ1) is 14.5. The molecule has 2 aromatic heterocycles. The average molecular weight is 396 g/mol. The molecular formula is C26H25N3O. The van der Waals surface area contributed by atoms with Gasteiger partial charge in [0.15, 0.2) is 0 Å². The average Bonchev–Trinajstić information content (AvgIpc) is 3.19. The molecule has 0 aliphatic heterocycles. The molecule has 4 nitrogen and oxygen atoms in total. The Morgan fingerprint density at radius 1 is 0.967 bits per heavy atom. The molecule has 2 aromatic carbocycles. The van der Waals surface area contributed by atoms with Crippen LogP contribution in [0.2, 0.25) is 0 Å². The summed E-state index contributed by atoms with van der Waals surface area (Å²) in [5, 5.41) is 8.05. The molecule has 0 radical (unpaired) electrons. The Hall–Kier alpha value is -3.53. The number of aromatic nitrogens is 3. The molecule has 4 rings (SSSR count). The predicted molar refractivity (Wildman–Crippen MR) is 120 cm³/mol. The molecule has 2 heterocycles. The Kier molecular flexibility index (Phi) is 5.57. The number of nitrogens with zero attached hydrogens (tertiary/aromatic N) is 3. The van der Waals surface area contributed by atoms with Crippen LogP contribution < -0.4 is 0 Å². The third kappa shape index (κ3) is 4.23. The minimum Gasteiger partial charge on any atom is -0.421 e. The van der Waals surface area contributed by atoms with Crippen molar-refractivity contribution in [2.75, 3.05) is 0 Å². The van der Waals surface area contributed by atoms with Crippen molar-refractivity contribution in [1.82, 2.24) is 15.2 Å². The van der Waals surface area contributed by atoms with Gasteiger partial charge in [0.25, 0.3) is 0 Å². The predicted octanol–water partition coefficient (Wildman–Crippen LogP) is 6.29. The second-order valence-corrected chi connectivity index (χ2v) is 7.65. The van der Waals surface area contributed by atoms with Crippen molar-refractivity contribution >= 4 is 5.57 Å². The van der Waals surface area contributed by atoms with Gasteiger partial charge < -0.3 is 4.42 Å². The minimum atomic E-state index is 0.200. The molecule has 0 spiro atoms. The highest BCUT2D eigenvalue weighted by atomic mass is 16.4. The van der Waals surface area contributed by atoms with Crippen molar-refractivity contribution in [1.29, 1.82) is 0 Å². The molecule has 0 amide bonds. The quantitative estimate of drug-likeness (QED) is 0.385. The summed E-state index contributed by atoms with van der Waals surface area (Å²) in [6.45, 7) is 10.4. The maximum atomic E-state index is 5.56. The summed E-state index contributed by atoms with van der Waals surface area (Å²) in [6.07, 6.45) is 2.67. The first kappa shape index (κ1) is 19.8. The standard InChI is InChI=1S/C26H25N3O/c1-17-7-5-6-8-24(17)25(15-18(2)23-13-14-27-19(3)16-23)21-9-11-22(12-10-21)26-29-28-20(4)30-26/h5-14,16,25H,2,15H2,1,3-4H3/t25-/m1/s1. The zero-order chi connectivity index (χ0) is 21.1. The fourth-order valence-electron chi connectivity index (χ4n) is 3.79. The summed E-state index contributed by atoms with van der Waals surface area (Å²) in [6, 6.07) is 21.1. The van der Waals surface area contributed by atoms with Gasteiger partial charge in [0.1, 0.15) is 0 Å². The van der Waals surface area contributed by atoms with Gasteiger partial charge in [-0.1, -0.05) is 43.0 Å². The van der Waals surface area contributed by atoms with Crippen LogP contribution in [0.25, 0.3) is 17.0 Å². The van der Waals surface area contributed by atoms with Crippen molar-refractivity contribution in [3.05, 3.63) is 107 Å². The lowest BCUT2D eigenvalue weighted by Gasteiger charge is -2.22. The van der Waals surface area contributed by atoms with Gasteiger partial charge >= 0.3 is 0 Å². The highest BCUT2D eigenvalue weighted by Gasteiger charge is 2.19. The molecule has 0 N–H and O–H groups in total. The maximum Gasteiger partial charge on any atom is 0.247 e. The summed E-state index contributed by atoms with van der Waals surface area (Å²) < 4.78 is 5.56. The zero-order valence-electron chi connectivity index (χ0n) is 17.6. The monoisotopic (exact) mass is 395 g/mol. The van der Waals surface area contributed by atoms with Crippen molar-refractivity contribution in [2.45, 2.75) is 33.1 Å². The van der Waals surface area contributed by atoms with E-state index in [1.165, 1.54) is 16.7 Å². The Morgan fingerprint density at radius 3 is 2.40 bits per heavy atom. The van der Waals surface area contributed by atoms with Gasteiger partial charge in [-0.15, -0.1) is 10.2 Å². The Bertz CT molecular complexity index is 1170. The molecule has 0 aliphatic rings. The van der Waals surface area contributed by atoms with E-state index in [1.54, 1.807) is 6.92 Å². The van der Waals surface area contributed by atoms with Gasteiger partial charge in [0.05, 0.1) is 0 Å². The van der Waals surface area contributed by atoms with Crippen molar-refractivity contribution in [3.8, 4) is 11.5 Å². The van der Waals surface area contributed by atoms with Gasteiger partial charge in [0.2, 0.25) is 11.8 Å². The maximum absolute atomic E-state index is 5.56. The van der Waals surface area contributed by atoms with Crippen LogP contribution in [0.3, 0.4) is 0 Å². The third-order valence-electron chi connectivity index (χ3n) is 5.41. The normalized spacial score (nSPS) is 12.0. The number of hydrogen-bond acceptors (Lipinski definition) is 4. The van der Waals surface area contributed by atoms with E-state index in [4.69, 9.17) is 4.42 Å². The smallest absolute Gasteiger partial charge is 0.247 e. The van der Waals surface area contributed by atoms with Crippen LogP contribution in [-0.2, 0) is 0 Å². The van der Waals surface area contributed by atoms with Crippen molar-refractivity contribution in [3.63, 3.8) is 0 Å². The molecule has 0 saturated heterocycles. The van der Waals surface area contributed by atoms with Crippen LogP contribution in [-0.4, -0.2) is 15.2 Å². The highest BCUT2D eigenvalue weighted by Crippen LogP contribution is 2.36. The lowest BCUT2D eigenvalue weighted by molar-refractivity contribution is 0.533. The van der Waals surface area contributed by atoms with E-state index >= 15 is 0 Å². The summed E-state index contributed by atoms with van der Waals surface area (Å²) in [7, 11) is 0. The molecule has 150 valence electrons. The zero-order valence-corrected chi connectivity index (χ0v) is 17.6. The topological polar surface area (TPSA) is 51.8 Å². The molecule has 4 heteroatoms. The first-order valence-corrected chi connectivity index (χ1v) is 10.1. The van der Waals surface area contributed by atoms with Gasteiger partial charge in [-0.05, 0) is 72.4 Å². The number of hydrogen-bond donors (Lipinski definition) is 0. The van der Waals surface area contributed by atoms with E-state index < -0.39 is 0 Å². The molecule has 0 unspecified atom stereocenters. The van der Waals surface area contributed by atoms with E-state index in [9.17, 15) is 0 Å². The molecular weight excluding hydrogens is 370 g/mol. The lowest BCUT2D eigenvalue weighted by atomic mass is 9.82. The Morgan fingerprint density at radius 2 is 1.73 bits per heavy atom. The fourth-order valence-corrected chi connectivity index (χ4v) is 3.79. The van der Waals surface area contributed by atoms with Crippen molar-refractivity contribution < 1.29 is 4.42 Å². The summed E-state index contributed by atoms with van der Waals surface area (Å²) in [5.74, 6) is 1.31. The van der Waals surface area contributed by atoms with E-state index in [1.807, 2.05) is 31.3 Å². The molecule has 0 fully saturated rings. The summed E-state index contributed by atoms with van der Waals surface area (Å²) >= 11 is 0. The molecule has 0 saturated carbocycles. The molecule has 0 aliphatic carbocycles. The van der Waals surface area contributed by atoms with E-state index in [0.29, 0.717) is 11.8 Å². The third-order valence-corrected chi connectivity index (χ3v) is 5.41. The van der Waals surface area contributed by atoms with E-state index in [0.717, 1.165) is 28.8 Å². The van der Waals surface area contributed by atoms with Gasteiger partial charge in [-0.3, -0.25) is 4.98 Å². The second kappa shape index (κ2) is 8.46. The Balaban J connectivity index is 1.69. The van der Waals surface area contributed by atoms with Crippen LogP contribution in [0, 0.1) is 20.8 Å². The largest absolute Gasteiger partial charge is 0.421 e. The van der Waals surface area contributed by atoms with Crippen molar-refractivity contribution in [2.24, 2.45) is 0 Å².